The zero-order chi connectivity index (χ0) is 18.8. The molecule has 0 amide bonds. The van der Waals surface area contributed by atoms with E-state index in [0.29, 0.717) is 19.2 Å². The summed E-state index contributed by atoms with van der Waals surface area (Å²) in [5, 5.41) is -0.512. The SMILES string of the molecule is CC(C)=CC[NH+]1CCN(S(=O)(=O)c2ccc(Cl)c(C(F)(F)F)c2)CC1. The van der Waals surface area contributed by atoms with Crippen molar-refractivity contribution in [2.75, 3.05) is 32.7 Å². The van der Waals surface area contributed by atoms with E-state index in [-0.39, 0.29) is 18.0 Å². The Morgan fingerprint density at radius 1 is 1.28 bits per heavy atom. The van der Waals surface area contributed by atoms with E-state index in [0.717, 1.165) is 18.7 Å². The maximum Gasteiger partial charge on any atom is 0.417 e. The monoisotopic (exact) mass is 397 g/mol. The molecule has 0 aromatic heterocycles. The summed E-state index contributed by atoms with van der Waals surface area (Å²) in [5.41, 5.74) is 0.0615. The number of hydrogen-bond acceptors (Lipinski definition) is 2. The lowest BCUT2D eigenvalue weighted by molar-refractivity contribution is -0.897. The molecule has 0 radical (unpaired) electrons. The molecule has 0 bridgehead atoms. The minimum absolute atomic E-state index is 0.276. The van der Waals surface area contributed by atoms with Crippen LogP contribution in [-0.2, 0) is 16.2 Å². The van der Waals surface area contributed by atoms with Gasteiger partial charge < -0.3 is 4.90 Å². The Morgan fingerprint density at radius 3 is 2.40 bits per heavy atom. The molecule has 1 aromatic rings. The Bertz CT molecular complexity index is 751. The van der Waals surface area contributed by atoms with Gasteiger partial charge in [-0.3, -0.25) is 0 Å². The Morgan fingerprint density at radius 2 is 1.88 bits per heavy atom. The normalized spacial score (nSPS) is 17.5. The zero-order valence-electron chi connectivity index (χ0n) is 14.0. The average Bonchev–Trinajstić information content (AvgIpc) is 2.52. The number of piperazine rings is 1. The summed E-state index contributed by atoms with van der Waals surface area (Å²) < 4.78 is 65.4. The Labute approximate surface area is 150 Å². The minimum Gasteiger partial charge on any atom is -0.329 e. The summed E-state index contributed by atoms with van der Waals surface area (Å²) in [6.07, 6.45) is -2.61. The molecule has 0 unspecified atom stereocenters. The van der Waals surface area contributed by atoms with Crippen LogP contribution in [0.5, 0.6) is 0 Å². The van der Waals surface area contributed by atoms with Crippen molar-refractivity contribution in [2.24, 2.45) is 0 Å². The number of rotatable bonds is 4. The smallest absolute Gasteiger partial charge is 0.329 e. The fourth-order valence-electron chi connectivity index (χ4n) is 2.63. The van der Waals surface area contributed by atoms with E-state index in [4.69, 9.17) is 11.6 Å². The van der Waals surface area contributed by atoms with Crippen molar-refractivity contribution in [2.45, 2.75) is 24.9 Å². The number of allylic oxidation sites excluding steroid dienone is 1. The van der Waals surface area contributed by atoms with Crippen LogP contribution in [0.1, 0.15) is 19.4 Å². The number of hydrogen-bond donors (Lipinski definition) is 1. The predicted octanol–water partition coefficient (Wildman–Crippen LogP) is 2.21. The third-order valence-corrected chi connectivity index (χ3v) is 6.33. The minimum atomic E-state index is -4.70. The number of sulfonamides is 1. The van der Waals surface area contributed by atoms with Gasteiger partial charge in [-0.05, 0) is 38.1 Å². The van der Waals surface area contributed by atoms with Crippen LogP contribution in [0.3, 0.4) is 0 Å². The number of halogens is 4. The van der Waals surface area contributed by atoms with E-state index in [1.54, 1.807) is 0 Å². The molecule has 0 aliphatic carbocycles. The van der Waals surface area contributed by atoms with Gasteiger partial charge in [-0.15, -0.1) is 0 Å². The van der Waals surface area contributed by atoms with Gasteiger partial charge in [0.25, 0.3) is 0 Å². The third-order valence-electron chi connectivity index (χ3n) is 4.11. The zero-order valence-corrected chi connectivity index (χ0v) is 15.6. The van der Waals surface area contributed by atoms with Crippen molar-refractivity contribution >= 4 is 21.6 Å². The van der Waals surface area contributed by atoms with E-state index in [2.05, 4.69) is 6.08 Å². The topological polar surface area (TPSA) is 41.8 Å². The molecule has 1 N–H and O–H groups in total. The first kappa shape index (κ1) is 20.2. The highest BCUT2D eigenvalue weighted by atomic mass is 35.5. The van der Waals surface area contributed by atoms with Crippen LogP contribution in [0.4, 0.5) is 13.2 Å². The van der Waals surface area contributed by atoms with Gasteiger partial charge >= 0.3 is 6.18 Å². The highest BCUT2D eigenvalue weighted by Crippen LogP contribution is 2.36. The first-order valence-electron chi connectivity index (χ1n) is 7.85. The van der Waals surface area contributed by atoms with Crippen molar-refractivity contribution in [3.63, 3.8) is 0 Å². The summed E-state index contributed by atoms with van der Waals surface area (Å²) in [5.74, 6) is 0. The standard InChI is InChI=1S/C16H20ClF3N2O2S/c1-12(2)5-6-21-7-9-22(10-8-21)25(23,24)13-3-4-15(17)14(11-13)16(18,19)20/h3-5,11H,6-10H2,1-2H3/p+1. The van der Waals surface area contributed by atoms with Crippen LogP contribution in [0.25, 0.3) is 0 Å². The molecular formula is C16H21ClF3N2O2S+. The van der Waals surface area contributed by atoms with Crippen molar-refractivity contribution in [3.05, 3.63) is 40.4 Å². The molecule has 1 aliphatic heterocycles. The van der Waals surface area contributed by atoms with Gasteiger partial charge in [0.1, 0.15) is 0 Å². The summed E-state index contributed by atoms with van der Waals surface area (Å²) in [4.78, 5) is 0.872. The largest absolute Gasteiger partial charge is 0.417 e. The lowest BCUT2D eigenvalue weighted by Crippen LogP contribution is -3.14. The lowest BCUT2D eigenvalue weighted by atomic mass is 10.2. The molecule has 0 atom stereocenters. The molecule has 1 saturated heterocycles. The number of quaternary nitrogens is 1. The molecular weight excluding hydrogens is 377 g/mol. The molecule has 25 heavy (non-hydrogen) atoms. The fourth-order valence-corrected chi connectivity index (χ4v) is 4.32. The molecule has 9 heteroatoms. The van der Waals surface area contributed by atoms with E-state index in [9.17, 15) is 21.6 Å². The van der Waals surface area contributed by atoms with Gasteiger partial charge in [0.2, 0.25) is 10.0 Å². The Hall–Kier alpha value is -1.09. The molecule has 0 spiro atoms. The first-order valence-corrected chi connectivity index (χ1v) is 9.67. The summed E-state index contributed by atoms with van der Waals surface area (Å²) in [7, 11) is -3.97. The molecule has 1 fully saturated rings. The Balaban J connectivity index is 2.17. The van der Waals surface area contributed by atoms with Crippen LogP contribution in [-0.4, -0.2) is 45.4 Å². The first-order chi connectivity index (χ1) is 11.5. The van der Waals surface area contributed by atoms with Crippen LogP contribution in [0, 0.1) is 0 Å². The van der Waals surface area contributed by atoms with Crippen molar-refractivity contribution in [3.8, 4) is 0 Å². The highest BCUT2D eigenvalue weighted by molar-refractivity contribution is 7.89. The average molecular weight is 398 g/mol. The van der Waals surface area contributed by atoms with Crippen molar-refractivity contribution in [1.82, 2.24) is 4.31 Å². The maximum absolute atomic E-state index is 13.0. The van der Waals surface area contributed by atoms with Gasteiger partial charge in [0, 0.05) is 0 Å². The highest BCUT2D eigenvalue weighted by Gasteiger charge is 2.36. The third kappa shape index (κ3) is 4.97. The Kier molecular flexibility index (Phi) is 6.19. The second kappa shape index (κ2) is 7.65. The van der Waals surface area contributed by atoms with E-state index < -0.39 is 26.8 Å². The van der Waals surface area contributed by atoms with Gasteiger partial charge in [-0.1, -0.05) is 17.2 Å². The van der Waals surface area contributed by atoms with E-state index >= 15 is 0 Å². The molecule has 140 valence electrons. The maximum atomic E-state index is 13.0. The number of alkyl halides is 3. The summed E-state index contributed by atoms with van der Waals surface area (Å²) in [6, 6.07) is 2.71. The van der Waals surface area contributed by atoms with Gasteiger partial charge in [0.15, 0.2) is 0 Å². The number of nitrogens with zero attached hydrogens (tertiary/aromatic N) is 1. The molecule has 1 heterocycles. The van der Waals surface area contributed by atoms with Gasteiger partial charge in [0.05, 0.1) is 48.2 Å². The molecule has 2 rings (SSSR count). The van der Waals surface area contributed by atoms with Crippen LogP contribution in [0.15, 0.2) is 34.7 Å². The predicted molar refractivity (Wildman–Crippen MR) is 90.2 cm³/mol. The molecule has 1 aliphatic rings. The van der Waals surface area contributed by atoms with E-state index in [1.807, 2.05) is 13.8 Å². The van der Waals surface area contributed by atoms with Crippen molar-refractivity contribution < 1.29 is 26.5 Å². The molecule has 0 saturated carbocycles. The summed E-state index contributed by atoms with van der Waals surface area (Å²) >= 11 is 5.56. The van der Waals surface area contributed by atoms with Crippen LogP contribution >= 0.6 is 11.6 Å². The van der Waals surface area contributed by atoms with Crippen LogP contribution in [0.2, 0.25) is 5.02 Å². The molecule has 1 aromatic carbocycles. The lowest BCUT2D eigenvalue weighted by Gasteiger charge is -2.31. The summed E-state index contributed by atoms with van der Waals surface area (Å²) in [6.45, 7) is 6.59. The number of nitrogens with one attached hydrogen (secondary N) is 1. The second-order valence-corrected chi connectivity index (χ2v) is 8.62. The fraction of sp³-hybridized carbons (Fsp3) is 0.500. The second-order valence-electron chi connectivity index (χ2n) is 6.28. The van der Waals surface area contributed by atoms with Crippen molar-refractivity contribution in [1.29, 1.82) is 0 Å². The quantitative estimate of drug-likeness (QED) is 0.791. The number of benzene rings is 1. The van der Waals surface area contributed by atoms with Crippen LogP contribution < -0.4 is 4.90 Å². The molecule has 4 nitrogen and oxygen atoms in total. The van der Waals surface area contributed by atoms with Gasteiger partial charge in [-0.2, -0.15) is 17.5 Å². The van der Waals surface area contributed by atoms with E-state index in [1.165, 1.54) is 14.8 Å². The van der Waals surface area contributed by atoms with Gasteiger partial charge in [-0.25, -0.2) is 8.42 Å².